The minimum atomic E-state index is 0.284. The number of hydrogen-bond donors (Lipinski definition) is 0. The quantitative estimate of drug-likeness (QED) is 0.433. The highest BCUT2D eigenvalue weighted by molar-refractivity contribution is 5.75. The highest BCUT2D eigenvalue weighted by Crippen LogP contribution is 2.23. The van der Waals surface area contributed by atoms with Crippen molar-refractivity contribution in [1.29, 1.82) is 0 Å². The van der Waals surface area contributed by atoms with Gasteiger partial charge in [-0.3, -0.25) is 0 Å². The Bertz CT molecular complexity index is 415. The number of ketones is 1. The van der Waals surface area contributed by atoms with Gasteiger partial charge in [0.1, 0.15) is 5.78 Å². The molecule has 0 aromatic rings. The SMILES string of the molecule is CC(=O)CC/C=C(\C)CC/C=C(\C)CCC=C1CCCCC1. The maximum absolute atomic E-state index is 10.9. The van der Waals surface area contributed by atoms with Gasteiger partial charge in [-0.1, -0.05) is 41.4 Å². The van der Waals surface area contributed by atoms with Gasteiger partial charge in [0, 0.05) is 6.42 Å². The lowest BCUT2D eigenvalue weighted by Gasteiger charge is -2.13. The van der Waals surface area contributed by atoms with Crippen molar-refractivity contribution < 1.29 is 4.79 Å². The zero-order chi connectivity index (χ0) is 16.2. The van der Waals surface area contributed by atoms with E-state index in [1.165, 1.54) is 56.1 Å². The number of allylic oxidation sites excluding steroid dienone is 6. The Hall–Kier alpha value is -1.11. The molecule has 0 N–H and O–H groups in total. The first-order valence-electron chi connectivity index (χ1n) is 9.06. The minimum Gasteiger partial charge on any atom is -0.300 e. The molecule has 0 radical (unpaired) electrons. The van der Waals surface area contributed by atoms with E-state index in [0.29, 0.717) is 6.42 Å². The van der Waals surface area contributed by atoms with Crippen molar-refractivity contribution in [2.75, 3.05) is 0 Å². The Labute approximate surface area is 137 Å². The van der Waals surface area contributed by atoms with Gasteiger partial charge in [-0.2, -0.15) is 0 Å². The summed E-state index contributed by atoms with van der Waals surface area (Å²) >= 11 is 0. The molecule has 0 aromatic carbocycles. The highest BCUT2D eigenvalue weighted by Gasteiger charge is 2.04. The number of rotatable bonds is 9. The summed E-state index contributed by atoms with van der Waals surface area (Å²) in [5.41, 5.74) is 4.63. The third-order valence-corrected chi connectivity index (χ3v) is 4.49. The van der Waals surface area contributed by atoms with Gasteiger partial charge >= 0.3 is 0 Å². The molecule has 0 amide bonds. The Kier molecular flexibility index (Phi) is 9.86. The molecule has 0 aliphatic heterocycles. The number of hydrogen-bond acceptors (Lipinski definition) is 1. The van der Waals surface area contributed by atoms with Gasteiger partial charge in [-0.15, -0.1) is 0 Å². The van der Waals surface area contributed by atoms with Crippen molar-refractivity contribution in [2.45, 2.75) is 91.4 Å². The van der Waals surface area contributed by atoms with Crippen LogP contribution in [0.25, 0.3) is 0 Å². The standard InChI is InChI=1S/C21H34O/c1-18(12-8-14-20(3)22)10-7-11-19(2)13-9-17-21-15-5-4-6-16-21/h11-12,17H,4-10,13-16H2,1-3H3/b18-12+,19-11+. The van der Waals surface area contributed by atoms with Crippen LogP contribution in [0.1, 0.15) is 91.4 Å². The van der Waals surface area contributed by atoms with Gasteiger partial charge in [0.25, 0.3) is 0 Å². The molecular formula is C21H34O. The average Bonchev–Trinajstić information content (AvgIpc) is 2.48. The first-order chi connectivity index (χ1) is 10.6. The molecule has 0 unspecified atom stereocenters. The van der Waals surface area contributed by atoms with Crippen LogP contribution in [0, 0.1) is 0 Å². The van der Waals surface area contributed by atoms with Gasteiger partial charge < -0.3 is 4.79 Å². The van der Waals surface area contributed by atoms with Crippen LogP contribution < -0.4 is 0 Å². The summed E-state index contributed by atoms with van der Waals surface area (Å²) in [5.74, 6) is 0.284. The van der Waals surface area contributed by atoms with Gasteiger partial charge in [-0.05, 0) is 78.6 Å². The highest BCUT2D eigenvalue weighted by atomic mass is 16.1. The molecule has 0 bridgehead atoms. The smallest absolute Gasteiger partial charge is 0.130 e. The van der Waals surface area contributed by atoms with Crippen LogP contribution in [0.5, 0.6) is 0 Å². The van der Waals surface area contributed by atoms with E-state index in [0.717, 1.165) is 19.3 Å². The van der Waals surface area contributed by atoms with Gasteiger partial charge in [0.15, 0.2) is 0 Å². The van der Waals surface area contributed by atoms with Crippen molar-refractivity contribution in [1.82, 2.24) is 0 Å². The topological polar surface area (TPSA) is 17.1 Å². The molecule has 1 aliphatic rings. The molecule has 0 heterocycles. The van der Waals surface area contributed by atoms with Crippen LogP contribution in [0.4, 0.5) is 0 Å². The molecule has 1 saturated carbocycles. The van der Waals surface area contributed by atoms with Crippen molar-refractivity contribution in [2.24, 2.45) is 0 Å². The van der Waals surface area contributed by atoms with Crippen LogP contribution >= 0.6 is 0 Å². The van der Waals surface area contributed by atoms with Crippen molar-refractivity contribution >= 4 is 5.78 Å². The molecule has 0 spiro atoms. The van der Waals surface area contributed by atoms with Crippen LogP contribution in [0.2, 0.25) is 0 Å². The largest absolute Gasteiger partial charge is 0.300 e. The maximum atomic E-state index is 10.9. The first kappa shape index (κ1) is 18.9. The summed E-state index contributed by atoms with van der Waals surface area (Å²) in [7, 11) is 0. The lowest BCUT2D eigenvalue weighted by atomic mass is 9.93. The van der Waals surface area contributed by atoms with E-state index in [-0.39, 0.29) is 5.78 Å². The molecular weight excluding hydrogens is 268 g/mol. The van der Waals surface area contributed by atoms with Crippen LogP contribution in [0.3, 0.4) is 0 Å². The monoisotopic (exact) mass is 302 g/mol. The van der Waals surface area contributed by atoms with E-state index in [2.05, 4.69) is 32.1 Å². The van der Waals surface area contributed by atoms with E-state index >= 15 is 0 Å². The van der Waals surface area contributed by atoms with Crippen molar-refractivity contribution in [3.8, 4) is 0 Å². The molecule has 0 aromatic heterocycles. The molecule has 1 nitrogen and oxygen atoms in total. The molecule has 1 heteroatoms. The Morgan fingerprint density at radius 3 is 1.95 bits per heavy atom. The number of Topliss-reactive ketones (excluding diaryl/α,β-unsaturated/α-hetero) is 1. The molecule has 1 fully saturated rings. The fraction of sp³-hybridized carbons (Fsp3) is 0.667. The van der Waals surface area contributed by atoms with E-state index in [4.69, 9.17) is 0 Å². The normalized spacial score (nSPS) is 16.8. The maximum Gasteiger partial charge on any atom is 0.130 e. The summed E-state index contributed by atoms with van der Waals surface area (Å²) in [6.07, 6.45) is 20.3. The minimum absolute atomic E-state index is 0.284. The van der Waals surface area contributed by atoms with Gasteiger partial charge in [0.05, 0.1) is 0 Å². The van der Waals surface area contributed by atoms with E-state index in [1.807, 2.05) is 0 Å². The Morgan fingerprint density at radius 2 is 1.36 bits per heavy atom. The average molecular weight is 303 g/mol. The molecule has 22 heavy (non-hydrogen) atoms. The zero-order valence-corrected chi connectivity index (χ0v) is 14.9. The summed E-state index contributed by atoms with van der Waals surface area (Å²) in [5, 5.41) is 0. The summed E-state index contributed by atoms with van der Waals surface area (Å²) in [6.45, 7) is 6.10. The molecule has 0 atom stereocenters. The van der Waals surface area contributed by atoms with E-state index in [9.17, 15) is 4.79 Å². The third-order valence-electron chi connectivity index (χ3n) is 4.49. The second kappa shape index (κ2) is 11.5. The summed E-state index contributed by atoms with van der Waals surface area (Å²) < 4.78 is 0. The van der Waals surface area contributed by atoms with Crippen molar-refractivity contribution in [3.63, 3.8) is 0 Å². The number of carbonyl (C=O) groups excluding carboxylic acids is 1. The Balaban J connectivity index is 2.17. The lowest BCUT2D eigenvalue weighted by molar-refractivity contribution is -0.116. The van der Waals surface area contributed by atoms with Crippen LogP contribution in [-0.4, -0.2) is 5.78 Å². The fourth-order valence-electron chi connectivity index (χ4n) is 2.99. The molecule has 1 aliphatic carbocycles. The van der Waals surface area contributed by atoms with Crippen LogP contribution in [0.15, 0.2) is 34.9 Å². The third kappa shape index (κ3) is 9.76. The van der Waals surface area contributed by atoms with Crippen molar-refractivity contribution in [3.05, 3.63) is 34.9 Å². The second-order valence-corrected chi connectivity index (χ2v) is 6.84. The molecule has 124 valence electrons. The van der Waals surface area contributed by atoms with Gasteiger partial charge in [-0.25, -0.2) is 0 Å². The first-order valence-corrected chi connectivity index (χ1v) is 9.06. The molecule has 0 saturated heterocycles. The zero-order valence-electron chi connectivity index (χ0n) is 14.9. The second-order valence-electron chi connectivity index (χ2n) is 6.84. The predicted molar refractivity (Wildman–Crippen MR) is 97.1 cm³/mol. The van der Waals surface area contributed by atoms with Crippen LogP contribution in [-0.2, 0) is 4.79 Å². The van der Waals surface area contributed by atoms with E-state index < -0.39 is 0 Å². The number of carbonyl (C=O) groups is 1. The molecule has 1 rings (SSSR count). The Morgan fingerprint density at radius 1 is 0.818 bits per heavy atom. The summed E-state index contributed by atoms with van der Waals surface area (Å²) in [6, 6.07) is 0. The fourth-order valence-corrected chi connectivity index (χ4v) is 2.99. The lowest BCUT2D eigenvalue weighted by Crippen LogP contribution is -1.93. The summed E-state index contributed by atoms with van der Waals surface area (Å²) in [4.78, 5) is 10.9. The predicted octanol–water partition coefficient (Wildman–Crippen LogP) is 6.70. The van der Waals surface area contributed by atoms with Gasteiger partial charge in [0.2, 0.25) is 0 Å². The van der Waals surface area contributed by atoms with E-state index in [1.54, 1.807) is 12.5 Å².